The van der Waals surface area contributed by atoms with Gasteiger partial charge in [-0.05, 0) is 54.6 Å². The second-order valence-electron chi connectivity index (χ2n) is 4.36. The summed E-state index contributed by atoms with van der Waals surface area (Å²) in [6.45, 7) is 3.98. The Morgan fingerprint density at radius 1 is 1.42 bits per heavy atom. The van der Waals surface area contributed by atoms with Gasteiger partial charge in [0, 0.05) is 20.6 Å². The van der Waals surface area contributed by atoms with Gasteiger partial charge in [-0.2, -0.15) is 0 Å². The quantitative estimate of drug-likeness (QED) is 0.715. The Kier molecular flexibility index (Phi) is 6.25. The molecule has 1 rings (SSSR count). The minimum Gasteiger partial charge on any atom is -0.481 e. The maximum atomic E-state index is 12.5. The van der Waals surface area contributed by atoms with Gasteiger partial charge in [0.05, 0.1) is 12.0 Å². The predicted molar refractivity (Wildman–Crippen MR) is 85.3 cm³/mol. The Hall–Kier alpha value is -0.630. The van der Waals surface area contributed by atoms with Crippen molar-refractivity contribution in [3.63, 3.8) is 0 Å². The SMILES string of the molecule is CC(C)N(CCC(=O)O)C(=O)c1cc(Br)ccc1I. The molecule has 0 spiro atoms. The van der Waals surface area contributed by atoms with Gasteiger partial charge in [-0.3, -0.25) is 9.59 Å². The van der Waals surface area contributed by atoms with Gasteiger partial charge in [0.2, 0.25) is 0 Å². The van der Waals surface area contributed by atoms with Gasteiger partial charge in [-0.1, -0.05) is 15.9 Å². The molecule has 0 unspecified atom stereocenters. The summed E-state index contributed by atoms with van der Waals surface area (Å²) in [4.78, 5) is 24.7. The molecule has 4 nitrogen and oxygen atoms in total. The second-order valence-corrected chi connectivity index (χ2v) is 6.44. The van der Waals surface area contributed by atoms with Gasteiger partial charge in [0.1, 0.15) is 0 Å². The summed E-state index contributed by atoms with van der Waals surface area (Å²) in [6.07, 6.45) is -0.0471. The lowest BCUT2D eigenvalue weighted by molar-refractivity contribution is -0.137. The fraction of sp³-hybridized carbons (Fsp3) is 0.385. The highest BCUT2D eigenvalue weighted by atomic mass is 127. The zero-order valence-electron chi connectivity index (χ0n) is 10.7. The minimum absolute atomic E-state index is 0.0402. The maximum Gasteiger partial charge on any atom is 0.305 e. The van der Waals surface area contributed by atoms with E-state index in [-0.39, 0.29) is 24.9 Å². The molecular weight excluding hydrogens is 425 g/mol. The Morgan fingerprint density at radius 2 is 2.05 bits per heavy atom. The summed E-state index contributed by atoms with van der Waals surface area (Å²) in [6, 6.07) is 5.45. The average molecular weight is 440 g/mol. The molecule has 0 aliphatic heterocycles. The van der Waals surface area contributed by atoms with Gasteiger partial charge >= 0.3 is 5.97 Å². The number of amides is 1. The molecule has 0 aliphatic carbocycles. The summed E-state index contributed by atoms with van der Waals surface area (Å²) >= 11 is 5.45. The highest BCUT2D eigenvalue weighted by molar-refractivity contribution is 14.1. The van der Waals surface area contributed by atoms with Crippen LogP contribution in [0.4, 0.5) is 0 Å². The second kappa shape index (κ2) is 7.23. The standard InChI is InChI=1S/C13H15BrINO3/c1-8(2)16(6-5-12(17)18)13(19)10-7-9(14)3-4-11(10)15/h3-4,7-8H,5-6H2,1-2H3,(H,17,18). The monoisotopic (exact) mass is 439 g/mol. The van der Waals surface area contributed by atoms with Crippen LogP contribution < -0.4 is 0 Å². The lowest BCUT2D eigenvalue weighted by Gasteiger charge is -2.26. The first-order valence-electron chi connectivity index (χ1n) is 5.80. The number of carbonyl (C=O) groups excluding carboxylic acids is 1. The summed E-state index contributed by atoms with van der Waals surface area (Å²) in [5.41, 5.74) is 0.592. The first-order chi connectivity index (χ1) is 8.82. The number of carboxylic acid groups (broad SMARTS) is 1. The number of carboxylic acids is 1. The molecule has 104 valence electrons. The smallest absolute Gasteiger partial charge is 0.305 e. The van der Waals surface area contributed by atoms with Crippen LogP contribution in [0.5, 0.6) is 0 Å². The van der Waals surface area contributed by atoms with Crippen LogP contribution in [0.2, 0.25) is 0 Å². The highest BCUT2D eigenvalue weighted by Crippen LogP contribution is 2.21. The summed E-state index contributed by atoms with van der Waals surface area (Å²) < 4.78 is 1.69. The number of nitrogens with zero attached hydrogens (tertiary/aromatic N) is 1. The Balaban J connectivity index is 2.99. The van der Waals surface area contributed by atoms with E-state index in [1.165, 1.54) is 0 Å². The fourth-order valence-electron chi connectivity index (χ4n) is 1.63. The molecule has 6 heteroatoms. The van der Waals surface area contributed by atoms with Crippen LogP contribution in [-0.2, 0) is 4.79 Å². The van der Waals surface area contributed by atoms with E-state index in [1.54, 1.807) is 11.0 Å². The summed E-state index contributed by atoms with van der Waals surface area (Å²) in [5.74, 6) is -1.04. The van der Waals surface area contributed by atoms with Crippen molar-refractivity contribution in [3.8, 4) is 0 Å². The molecule has 19 heavy (non-hydrogen) atoms. The molecule has 0 radical (unpaired) electrons. The van der Waals surface area contributed by atoms with E-state index in [9.17, 15) is 9.59 Å². The predicted octanol–water partition coefficient (Wildman–Crippen LogP) is 3.38. The van der Waals surface area contributed by atoms with Crippen molar-refractivity contribution in [3.05, 3.63) is 31.8 Å². The van der Waals surface area contributed by atoms with Crippen LogP contribution in [0.25, 0.3) is 0 Å². The molecule has 0 atom stereocenters. The Morgan fingerprint density at radius 3 is 2.58 bits per heavy atom. The number of benzene rings is 1. The number of carbonyl (C=O) groups is 2. The van der Waals surface area contributed by atoms with E-state index < -0.39 is 5.97 Å². The maximum absolute atomic E-state index is 12.5. The lowest BCUT2D eigenvalue weighted by atomic mass is 10.1. The Bertz CT molecular complexity index is 491. The molecule has 0 aromatic heterocycles. The topological polar surface area (TPSA) is 57.6 Å². The van der Waals surface area contributed by atoms with Gasteiger partial charge < -0.3 is 10.0 Å². The van der Waals surface area contributed by atoms with Gasteiger partial charge in [0.15, 0.2) is 0 Å². The third-order valence-electron chi connectivity index (χ3n) is 2.61. The molecule has 0 saturated heterocycles. The molecule has 0 saturated carbocycles. The molecule has 1 amide bonds. The number of hydrogen-bond donors (Lipinski definition) is 1. The van der Waals surface area contributed by atoms with Crippen molar-refractivity contribution in [2.24, 2.45) is 0 Å². The average Bonchev–Trinajstić information content (AvgIpc) is 2.31. The van der Waals surface area contributed by atoms with E-state index in [0.29, 0.717) is 5.56 Å². The molecule has 0 aliphatic rings. The van der Waals surface area contributed by atoms with Gasteiger partial charge in [0.25, 0.3) is 5.91 Å². The third-order valence-corrected chi connectivity index (χ3v) is 4.04. The van der Waals surface area contributed by atoms with Crippen LogP contribution in [0, 0.1) is 3.57 Å². The van der Waals surface area contributed by atoms with E-state index in [1.807, 2.05) is 26.0 Å². The first-order valence-corrected chi connectivity index (χ1v) is 7.68. The number of hydrogen-bond acceptors (Lipinski definition) is 2. The van der Waals surface area contributed by atoms with Crippen LogP contribution in [0.15, 0.2) is 22.7 Å². The fourth-order valence-corrected chi connectivity index (χ4v) is 2.55. The number of rotatable bonds is 5. The number of halogens is 2. The molecule has 1 aromatic carbocycles. The Labute approximate surface area is 134 Å². The summed E-state index contributed by atoms with van der Waals surface area (Å²) in [5, 5.41) is 8.75. The molecule has 1 N–H and O–H groups in total. The van der Waals surface area contributed by atoms with Crippen molar-refractivity contribution < 1.29 is 14.7 Å². The van der Waals surface area contributed by atoms with Crippen molar-refractivity contribution in [1.29, 1.82) is 0 Å². The lowest BCUT2D eigenvalue weighted by Crippen LogP contribution is -2.38. The van der Waals surface area contributed by atoms with E-state index in [4.69, 9.17) is 5.11 Å². The third kappa shape index (κ3) is 4.76. The van der Waals surface area contributed by atoms with E-state index in [0.717, 1.165) is 8.04 Å². The molecule has 1 aromatic rings. The molecule has 0 heterocycles. The van der Waals surface area contributed by atoms with Crippen molar-refractivity contribution in [2.45, 2.75) is 26.3 Å². The van der Waals surface area contributed by atoms with Crippen LogP contribution in [-0.4, -0.2) is 34.5 Å². The van der Waals surface area contributed by atoms with E-state index in [2.05, 4.69) is 38.5 Å². The van der Waals surface area contributed by atoms with Crippen molar-refractivity contribution in [2.75, 3.05) is 6.54 Å². The van der Waals surface area contributed by atoms with Crippen LogP contribution in [0.3, 0.4) is 0 Å². The molecule has 0 fully saturated rings. The number of aliphatic carboxylic acids is 1. The molecule has 0 bridgehead atoms. The van der Waals surface area contributed by atoms with Gasteiger partial charge in [-0.15, -0.1) is 0 Å². The normalized spacial score (nSPS) is 10.6. The highest BCUT2D eigenvalue weighted by Gasteiger charge is 2.21. The first kappa shape index (κ1) is 16.4. The van der Waals surface area contributed by atoms with Crippen LogP contribution in [0.1, 0.15) is 30.6 Å². The minimum atomic E-state index is -0.901. The zero-order chi connectivity index (χ0) is 14.6. The van der Waals surface area contributed by atoms with E-state index >= 15 is 0 Å². The summed E-state index contributed by atoms with van der Waals surface area (Å²) in [7, 11) is 0. The largest absolute Gasteiger partial charge is 0.481 e. The molecular formula is C13H15BrINO3. The van der Waals surface area contributed by atoms with Crippen LogP contribution >= 0.6 is 38.5 Å². The van der Waals surface area contributed by atoms with Crippen molar-refractivity contribution in [1.82, 2.24) is 4.90 Å². The van der Waals surface area contributed by atoms with Gasteiger partial charge in [-0.25, -0.2) is 0 Å². The van der Waals surface area contributed by atoms with Crippen molar-refractivity contribution >= 4 is 50.4 Å². The zero-order valence-corrected chi connectivity index (χ0v) is 14.4.